The van der Waals surface area contributed by atoms with E-state index >= 15 is 0 Å². The van der Waals surface area contributed by atoms with Crippen molar-refractivity contribution in [3.05, 3.63) is 35.4 Å². The molecule has 0 heterocycles. The Labute approximate surface area is 144 Å². The number of carbonyl (C=O) groups excluding carboxylic acids is 3. The van der Waals surface area contributed by atoms with E-state index in [1.165, 1.54) is 20.1 Å². The van der Waals surface area contributed by atoms with E-state index in [1.807, 2.05) is 0 Å². The highest BCUT2D eigenvalue weighted by molar-refractivity contribution is 6.31. The lowest BCUT2D eigenvalue weighted by molar-refractivity contribution is -0.148. The molecule has 1 atom stereocenters. The second-order valence-corrected chi connectivity index (χ2v) is 4.93. The molecule has 0 saturated carbocycles. The summed E-state index contributed by atoms with van der Waals surface area (Å²) in [6.45, 7) is 3.22. The van der Waals surface area contributed by atoms with Crippen LogP contribution in [-0.2, 0) is 23.9 Å². The van der Waals surface area contributed by atoms with Crippen LogP contribution in [-0.4, -0.2) is 37.7 Å². The number of nitrogens with one attached hydrogen (secondary N) is 1. The van der Waals surface area contributed by atoms with E-state index in [0.29, 0.717) is 16.5 Å². The number of ether oxygens (including phenoxy) is 3. The van der Waals surface area contributed by atoms with Gasteiger partial charge in [0.05, 0.1) is 19.4 Å². The fraction of sp³-hybridized carbons (Fsp3) is 0.312. The van der Waals surface area contributed by atoms with E-state index in [2.05, 4.69) is 10.1 Å². The van der Waals surface area contributed by atoms with Gasteiger partial charge in [-0.3, -0.25) is 4.79 Å². The fourth-order valence-electron chi connectivity index (χ4n) is 1.61. The van der Waals surface area contributed by atoms with Crippen LogP contribution in [0.25, 0.3) is 0 Å². The summed E-state index contributed by atoms with van der Waals surface area (Å²) in [4.78, 5) is 34.7. The third-order valence-corrected chi connectivity index (χ3v) is 2.96. The molecular formula is C16H18ClNO6. The van der Waals surface area contributed by atoms with Gasteiger partial charge in [-0.1, -0.05) is 11.6 Å². The molecule has 0 aliphatic carbocycles. The maximum atomic E-state index is 12.1. The maximum absolute atomic E-state index is 12.1. The lowest BCUT2D eigenvalue weighted by Gasteiger charge is -2.14. The van der Waals surface area contributed by atoms with Gasteiger partial charge in [0.15, 0.2) is 6.10 Å². The van der Waals surface area contributed by atoms with E-state index in [4.69, 9.17) is 21.1 Å². The second-order valence-electron chi connectivity index (χ2n) is 4.50. The van der Waals surface area contributed by atoms with Crippen LogP contribution in [0.5, 0.6) is 5.75 Å². The van der Waals surface area contributed by atoms with Gasteiger partial charge >= 0.3 is 11.9 Å². The molecule has 1 N–H and O–H groups in total. The van der Waals surface area contributed by atoms with Crippen LogP contribution in [0.4, 0.5) is 5.69 Å². The van der Waals surface area contributed by atoms with Gasteiger partial charge in [0.2, 0.25) is 0 Å². The first-order chi connectivity index (χ1) is 11.4. The van der Waals surface area contributed by atoms with Crippen molar-refractivity contribution in [3.63, 3.8) is 0 Å². The minimum Gasteiger partial charge on any atom is -0.495 e. The molecular weight excluding hydrogens is 338 g/mol. The van der Waals surface area contributed by atoms with Gasteiger partial charge in [0.1, 0.15) is 5.75 Å². The number of hydrogen-bond acceptors (Lipinski definition) is 6. The van der Waals surface area contributed by atoms with Crippen LogP contribution >= 0.6 is 11.6 Å². The molecule has 0 aliphatic heterocycles. The van der Waals surface area contributed by atoms with Gasteiger partial charge in [-0.05, 0) is 32.0 Å². The summed E-state index contributed by atoms with van der Waals surface area (Å²) in [6, 6.07) is 4.71. The van der Waals surface area contributed by atoms with Crippen molar-refractivity contribution < 1.29 is 28.6 Å². The number of anilines is 1. The van der Waals surface area contributed by atoms with Gasteiger partial charge in [-0.25, -0.2) is 9.59 Å². The Bertz CT molecular complexity index is 643. The Hall–Kier alpha value is -2.54. The first-order valence-corrected chi connectivity index (χ1v) is 7.45. The molecule has 0 bridgehead atoms. The van der Waals surface area contributed by atoms with Crippen molar-refractivity contribution in [2.24, 2.45) is 0 Å². The molecule has 0 spiro atoms. The second kappa shape index (κ2) is 9.57. The molecule has 130 valence electrons. The molecule has 8 heteroatoms. The Morgan fingerprint density at radius 2 is 1.92 bits per heavy atom. The van der Waals surface area contributed by atoms with Crippen molar-refractivity contribution in [3.8, 4) is 5.75 Å². The highest BCUT2D eigenvalue weighted by Crippen LogP contribution is 2.27. The molecule has 0 aliphatic rings. The minimum absolute atomic E-state index is 0.193. The van der Waals surface area contributed by atoms with Crippen molar-refractivity contribution in [2.75, 3.05) is 19.0 Å². The zero-order valence-electron chi connectivity index (χ0n) is 13.5. The molecule has 1 aromatic carbocycles. The van der Waals surface area contributed by atoms with Crippen LogP contribution in [0.3, 0.4) is 0 Å². The monoisotopic (exact) mass is 355 g/mol. The molecule has 0 aromatic heterocycles. The zero-order valence-corrected chi connectivity index (χ0v) is 14.3. The Balaban J connectivity index is 2.64. The highest BCUT2D eigenvalue weighted by Gasteiger charge is 2.18. The summed E-state index contributed by atoms with van der Waals surface area (Å²) in [6.07, 6.45) is 0.728. The van der Waals surface area contributed by atoms with E-state index in [9.17, 15) is 14.4 Å². The molecule has 1 aromatic rings. The molecule has 0 unspecified atom stereocenters. The first kappa shape index (κ1) is 19.5. The van der Waals surface area contributed by atoms with Gasteiger partial charge in [-0.2, -0.15) is 0 Å². The average Bonchev–Trinajstić information content (AvgIpc) is 2.53. The summed E-state index contributed by atoms with van der Waals surface area (Å²) in [5.74, 6) is -1.68. The molecule has 0 fully saturated rings. The van der Waals surface area contributed by atoms with Crippen molar-refractivity contribution in [2.45, 2.75) is 20.0 Å². The largest absolute Gasteiger partial charge is 0.495 e. The quantitative estimate of drug-likeness (QED) is 0.596. The Morgan fingerprint density at radius 3 is 2.54 bits per heavy atom. The number of halogens is 1. The number of benzene rings is 1. The highest BCUT2D eigenvalue weighted by atomic mass is 35.5. The van der Waals surface area contributed by atoms with Crippen LogP contribution < -0.4 is 10.1 Å². The summed E-state index contributed by atoms with van der Waals surface area (Å²) in [5.41, 5.74) is 0.347. The Kier molecular flexibility index (Phi) is 7.77. The summed E-state index contributed by atoms with van der Waals surface area (Å²) in [7, 11) is 1.45. The van der Waals surface area contributed by atoms with Crippen LogP contribution in [0.2, 0.25) is 5.02 Å². The summed E-state index contributed by atoms with van der Waals surface area (Å²) < 4.78 is 14.6. The zero-order chi connectivity index (χ0) is 18.1. The fourth-order valence-corrected chi connectivity index (χ4v) is 1.78. The van der Waals surface area contributed by atoms with Crippen molar-refractivity contribution in [1.82, 2.24) is 0 Å². The summed E-state index contributed by atoms with van der Waals surface area (Å²) >= 11 is 5.87. The molecule has 24 heavy (non-hydrogen) atoms. The molecule has 1 rings (SSSR count). The SMILES string of the molecule is CCOC(=O)/C=C/C(=O)O[C@H](C)C(=O)Nc1cc(Cl)ccc1OC. The number of rotatable bonds is 7. The number of hydrogen-bond donors (Lipinski definition) is 1. The molecule has 0 radical (unpaired) electrons. The van der Waals surface area contributed by atoms with Gasteiger partial charge in [0.25, 0.3) is 5.91 Å². The van der Waals surface area contributed by atoms with Crippen molar-refractivity contribution in [1.29, 1.82) is 0 Å². The number of esters is 2. The van der Waals surface area contributed by atoms with Gasteiger partial charge in [0, 0.05) is 17.2 Å². The number of amides is 1. The lowest BCUT2D eigenvalue weighted by atomic mass is 10.2. The predicted molar refractivity (Wildman–Crippen MR) is 88.0 cm³/mol. The van der Waals surface area contributed by atoms with Crippen LogP contribution in [0.15, 0.2) is 30.4 Å². The smallest absolute Gasteiger partial charge is 0.331 e. The Morgan fingerprint density at radius 1 is 1.25 bits per heavy atom. The van der Waals surface area contributed by atoms with Crippen LogP contribution in [0, 0.1) is 0 Å². The third-order valence-electron chi connectivity index (χ3n) is 2.72. The molecule has 0 saturated heterocycles. The molecule has 7 nitrogen and oxygen atoms in total. The first-order valence-electron chi connectivity index (χ1n) is 7.07. The number of carbonyl (C=O) groups is 3. The minimum atomic E-state index is -1.09. The topological polar surface area (TPSA) is 90.9 Å². The third kappa shape index (κ3) is 6.29. The van der Waals surface area contributed by atoms with E-state index in [-0.39, 0.29) is 6.61 Å². The van der Waals surface area contributed by atoms with Crippen molar-refractivity contribution >= 4 is 35.1 Å². The van der Waals surface area contributed by atoms with E-state index < -0.39 is 23.9 Å². The standard InChI is InChI=1S/C16H18ClNO6/c1-4-23-14(19)7-8-15(20)24-10(2)16(21)18-12-9-11(17)5-6-13(12)22-3/h5-10H,4H2,1-3H3,(H,18,21)/b8-7+/t10-/m1/s1. The molecule has 1 amide bonds. The summed E-state index contributed by atoms with van der Waals surface area (Å²) in [5, 5.41) is 2.96. The maximum Gasteiger partial charge on any atom is 0.331 e. The normalized spacial score (nSPS) is 11.7. The van der Waals surface area contributed by atoms with E-state index in [0.717, 1.165) is 12.2 Å². The van der Waals surface area contributed by atoms with Gasteiger partial charge in [-0.15, -0.1) is 0 Å². The van der Waals surface area contributed by atoms with Crippen LogP contribution in [0.1, 0.15) is 13.8 Å². The number of methoxy groups -OCH3 is 1. The van der Waals surface area contributed by atoms with E-state index in [1.54, 1.807) is 19.1 Å². The predicted octanol–water partition coefficient (Wildman–Crippen LogP) is 2.34. The van der Waals surface area contributed by atoms with Gasteiger partial charge < -0.3 is 19.5 Å². The lowest BCUT2D eigenvalue weighted by Crippen LogP contribution is -2.29. The average molecular weight is 356 g/mol.